The Balaban J connectivity index is 1.93. The van der Waals surface area contributed by atoms with E-state index in [-0.39, 0.29) is 58.8 Å². The third-order valence-corrected chi connectivity index (χ3v) is 16.4. The van der Waals surface area contributed by atoms with Crippen LogP contribution in [0.2, 0.25) is 0 Å². The Morgan fingerprint density at radius 1 is 0.607 bits per heavy atom. The van der Waals surface area contributed by atoms with Crippen LogP contribution in [-0.2, 0) is 28.7 Å². The molecule has 0 aliphatic carbocycles. The van der Waals surface area contributed by atoms with Gasteiger partial charge in [-0.25, -0.2) is 14.8 Å². The first kappa shape index (κ1) is 50.6. The van der Waals surface area contributed by atoms with Crippen molar-refractivity contribution < 1.29 is 38.2 Å². The SMILES string of the molecule is CCCCC(CC)COC(=O)C(C#N)=C1Sc2c(OC(=O)C(CC)CCCC)c3c(c(OC(=O)C(CC)CCCC)c2S1)SC(=C1C(=O)N(CCCC)N(CCCC)C1=O)S3. The summed E-state index contributed by atoms with van der Waals surface area (Å²) in [4.78, 5) is 72.0. The van der Waals surface area contributed by atoms with Gasteiger partial charge in [-0.2, -0.15) is 5.26 Å². The molecule has 3 atom stereocenters. The lowest BCUT2D eigenvalue weighted by molar-refractivity contribution is -0.147. The standard InChI is InChI=1S/C46H65N3O8S4/c1-9-17-22-29(14-6)28-55-44(54)32(27-47)45-58-36-34(56-42(52)30(15-7)23-18-10-2)38-39(35(37(36)59-45)57-43(53)31(16-8)24-19-11-3)61-46(60-38)33-40(50)48(25-20-12-4)49(41(33)51)26-21-13-5/h29-31H,9-26,28H2,1-8H3. The molecule has 1 fully saturated rings. The van der Waals surface area contributed by atoms with Crippen LogP contribution < -0.4 is 9.47 Å². The monoisotopic (exact) mass is 915 g/mol. The van der Waals surface area contributed by atoms with E-state index < -0.39 is 17.9 Å². The maximum Gasteiger partial charge on any atom is 0.350 e. The number of hydrogen-bond donors (Lipinski definition) is 0. The highest BCUT2D eigenvalue weighted by molar-refractivity contribution is 8.26. The van der Waals surface area contributed by atoms with Crippen molar-refractivity contribution in [1.29, 1.82) is 5.26 Å². The van der Waals surface area contributed by atoms with Crippen LogP contribution in [0, 0.1) is 29.1 Å². The van der Waals surface area contributed by atoms with Crippen LogP contribution in [0.5, 0.6) is 11.5 Å². The molecule has 1 saturated heterocycles. The second-order valence-corrected chi connectivity index (χ2v) is 20.3. The Labute approximate surface area is 380 Å². The molecule has 3 unspecified atom stereocenters. The maximum absolute atomic E-state index is 14.2. The van der Waals surface area contributed by atoms with Gasteiger partial charge in [0.25, 0.3) is 11.8 Å². The van der Waals surface area contributed by atoms with Crippen molar-refractivity contribution in [2.45, 2.75) is 178 Å². The molecule has 0 N–H and O–H groups in total. The molecule has 0 spiro atoms. The molecule has 15 heteroatoms. The van der Waals surface area contributed by atoms with Crippen LogP contribution in [-0.4, -0.2) is 59.4 Å². The molecule has 2 amide bonds. The molecule has 61 heavy (non-hydrogen) atoms. The summed E-state index contributed by atoms with van der Waals surface area (Å²) in [6.07, 6.45) is 12.8. The number of hydrazine groups is 1. The van der Waals surface area contributed by atoms with E-state index in [2.05, 4.69) is 33.8 Å². The van der Waals surface area contributed by atoms with Crippen molar-refractivity contribution in [3.05, 3.63) is 19.6 Å². The lowest BCUT2D eigenvalue weighted by Crippen LogP contribution is -2.42. The molecule has 3 heterocycles. The summed E-state index contributed by atoms with van der Waals surface area (Å²) in [6.45, 7) is 17.3. The van der Waals surface area contributed by atoms with E-state index in [1.54, 1.807) is 10.0 Å². The minimum Gasteiger partial charge on any atom is -0.461 e. The van der Waals surface area contributed by atoms with Crippen molar-refractivity contribution in [1.82, 2.24) is 10.0 Å². The number of esters is 3. The molecular formula is C46H65N3O8S4. The highest BCUT2D eigenvalue weighted by Crippen LogP contribution is 2.69. The molecule has 11 nitrogen and oxygen atoms in total. The normalized spacial score (nSPS) is 16.1. The number of amides is 2. The van der Waals surface area contributed by atoms with Crippen LogP contribution in [0.1, 0.15) is 158 Å². The molecule has 3 aliphatic rings. The smallest absolute Gasteiger partial charge is 0.350 e. The number of nitriles is 1. The zero-order valence-corrected chi connectivity index (χ0v) is 40.7. The van der Waals surface area contributed by atoms with E-state index in [1.807, 2.05) is 27.7 Å². The van der Waals surface area contributed by atoms with Gasteiger partial charge >= 0.3 is 17.9 Å². The minimum atomic E-state index is -0.740. The van der Waals surface area contributed by atoms with Crippen LogP contribution >= 0.6 is 47.0 Å². The predicted molar refractivity (Wildman–Crippen MR) is 245 cm³/mol. The number of benzene rings is 1. The topological polar surface area (TPSA) is 143 Å². The van der Waals surface area contributed by atoms with E-state index in [9.17, 15) is 29.2 Å². The largest absolute Gasteiger partial charge is 0.461 e. The zero-order chi connectivity index (χ0) is 44.6. The van der Waals surface area contributed by atoms with E-state index >= 15 is 0 Å². The number of unbranched alkanes of at least 4 members (excludes halogenated alkanes) is 5. The number of carbonyl (C=O) groups excluding carboxylic acids is 5. The first-order chi connectivity index (χ1) is 29.5. The first-order valence-corrected chi connectivity index (χ1v) is 25.8. The van der Waals surface area contributed by atoms with Crippen LogP contribution in [0.15, 0.2) is 39.2 Å². The summed E-state index contributed by atoms with van der Waals surface area (Å²) < 4.78 is 19.3. The van der Waals surface area contributed by atoms with Gasteiger partial charge in [0.2, 0.25) is 0 Å². The fourth-order valence-corrected chi connectivity index (χ4v) is 12.6. The van der Waals surface area contributed by atoms with Gasteiger partial charge in [0, 0.05) is 13.1 Å². The van der Waals surface area contributed by atoms with Crippen molar-refractivity contribution >= 4 is 76.8 Å². The van der Waals surface area contributed by atoms with Gasteiger partial charge in [0.1, 0.15) is 11.6 Å². The molecule has 3 aliphatic heterocycles. The number of hydrogen-bond acceptors (Lipinski definition) is 13. The number of carbonyl (C=O) groups is 5. The van der Waals surface area contributed by atoms with Gasteiger partial charge in [0.05, 0.1) is 46.5 Å². The van der Waals surface area contributed by atoms with Crippen molar-refractivity contribution in [2.75, 3.05) is 19.7 Å². The van der Waals surface area contributed by atoms with Gasteiger partial charge in [-0.1, -0.05) is 160 Å². The number of thioether (sulfide) groups is 4. The third kappa shape index (κ3) is 12.4. The quantitative estimate of drug-likeness (QED) is 0.0302. The van der Waals surface area contributed by atoms with Gasteiger partial charge in [-0.3, -0.25) is 19.2 Å². The molecule has 4 rings (SSSR count). The summed E-state index contributed by atoms with van der Waals surface area (Å²) in [5.74, 6) is -2.57. The highest BCUT2D eigenvalue weighted by Gasteiger charge is 2.47. The first-order valence-electron chi connectivity index (χ1n) is 22.6. The average molecular weight is 916 g/mol. The van der Waals surface area contributed by atoms with Crippen LogP contribution in [0.3, 0.4) is 0 Å². The molecule has 0 aromatic heterocycles. The van der Waals surface area contributed by atoms with Crippen molar-refractivity contribution in [2.24, 2.45) is 17.8 Å². The summed E-state index contributed by atoms with van der Waals surface area (Å²) in [5, 5.41) is 13.5. The second kappa shape index (κ2) is 25.3. The highest BCUT2D eigenvalue weighted by atomic mass is 32.2. The summed E-state index contributed by atoms with van der Waals surface area (Å²) >= 11 is 4.53. The van der Waals surface area contributed by atoms with E-state index in [0.29, 0.717) is 66.8 Å². The number of fused-ring (bicyclic) bond motifs is 2. The average Bonchev–Trinajstić information content (AvgIpc) is 3.95. The predicted octanol–water partition coefficient (Wildman–Crippen LogP) is 12.2. The Morgan fingerprint density at radius 2 is 1.03 bits per heavy atom. The number of nitrogens with zero attached hydrogens (tertiary/aromatic N) is 3. The van der Waals surface area contributed by atoms with Crippen LogP contribution in [0.4, 0.5) is 0 Å². The Bertz CT molecular complexity index is 1770. The summed E-state index contributed by atoms with van der Waals surface area (Å²) in [7, 11) is 0. The molecule has 0 saturated carbocycles. The minimum absolute atomic E-state index is 0.0385. The lowest BCUT2D eigenvalue weighted by atomic mass is 10.00. The fourth-order valence-electron chi connectivity index (χ4n) is 7.18. The summed E-state index contributed by atoms with van der Waals surface area (Å²) in [5.41, 5.74) is -0.142. The van der Waals surface area contributed by atoms with E-state index in [1.165, 1.54) is 0 Å². The van der Waals surface area contributed by atoms with Gasteiger partial charge in [0.15, 0.2) is 17.1 Å². The zero-order valence-electron chi connectivity index (χ0n) is 37.4. The molecule has 0 radical (unpaired) electrons. The second-order valence-electron chi connectivity index (χ2n) is 15.7. The fraction of sp³-hybridized carbons (Fsp3) is 0.652. The number of rotatable bonds is 25. The Kier molecular flexibility index (Phi) is 21.0. The van der Waals surface area contributed by atoms with E-state index in [4.69, 9.17) is 14.2 Å². The van der Waals surface area contributed by atoms with Crippen molar-refractivity contribution in [3.63, 3.8) is 0 Å². The van der Waals surface area contributed by atoms with Crippen LogP contribution in [0.25, 0.3) is 0 Å². The molecule has 1 aromatic carbocycles. The van der Waals surface area contributed by atoms with Gasteiger partial charge in [-0.15, -0.1) is 0 Å². The molecule has 1 aromatic rings. The lowest BCUT2D eigenvalue weighted by Gasteiger charge is -2.27. The molecule has 0 bridgehead atoms. The third-order valence-electron chi connectivity index (χ3n) is 11.2. The summed E-state index contributed by atoms with van der Waals surface area (Å²) in [6, 6.07) is 2.08. The Hall–Kier alpha value is -3.06. The van der Waals surface area contributed by atoms with E-state index in [0.717, 1.165) is 124 Å². The van der Waals surface area contributed by atoms with Gasteiger partial charge < -0.3 is 14.2 Å². The molecule has 336 valence electrons. The maximum atomic E-state index is 14.2. The molecular weight excluding hydrogens is 851 g/mol. The Morgan fingerprint density at radius 3 is 1.43 bits per heavy atom. The number of ether oxygens (including phenoxy) is 3. The van der Waals surface area contributed by atoms with Gasteiger partial charge in [-0.05, 0) is 50.9 Å². The van der Waals surface area contributed by atoms with Crippen molar-refractivity contribution in [3.8, 4) is 17.6 Å².